The number of aliphatic hydroxyl groups excluding tert-OH is 1. The van der Waals surface area contributed by atoms with Gasteiger partial charge in [0.25, 0.3) is 0 Å². The summed E-state index contributed by atoms with van der Waals surface area (Å²) in [6.45, 7) is 7.03. The number of aromatic nitrogens is 1. The van der Waals surface area contributed by atoms with Crippen molar-refractivity contribution in [3.8, 4) is 5.75 Å². The summed E-state index contributed by atoms with van der Waals surface area (Å²) >= 11 is 0. The Balaban J connectivity index is 1.81. The molecule has 0 aliphatic heterocycles. The van der Waals surface area contributed by atoms with Gasteiger partial charge in [-0.15, -0.1) is 0 Å². The standard InChI is InChI=1S/C18H24N2O3/c1-13(2)19-11-16(21)12-22-17-7-4-15(5-8-17)6-9-18-10-14(3)20-23-18/h4-10,13,16,19,21H,11-12H2,1-3H3/p+1/b9-6+/t16-/m1/s1. The first-order valence-corrected chi connectivity index (χ1v) is 7.88. The van der Waals surface area contributed by atoms with Gasteiger partial charge < -0.3 is 19.7 Å². The van der Waals surface area contributed by atoms with Gasteiger partial charge in [-0.05, 0) is 44.5 Å². The van der Waals surface area contributed by atoms with Gasteiger partial charge in [-0.3, -0.25) is 0 Å². The van der Waals surface area contributed by atoms with Crippen molar-refractivity contribution >= 4 is 12.2 Å². The summed E-state index contributed by atoms with van der Waals surface area (Å²) in [7, 11) is 0. The molecule has 23 heavy (non-hydrogen) atoms. The van der Waals surface area contributed by atoms with E-state index in [9.17, 15) is 5.11 Å². The van der Waals surface area contributed by atoms with Gasteiger partial charge in [-0.25, -0.2) is 0 Å². The third kappa shape index (κ3) is 6.26. The van der Waals surface area contributed by atoms with Crippen molar-refractivity contribution < 1.29 is 19.7 Å². The van der Waals surface area contributed by atoms with Crippen LogP contribution in [-0.2, 0) is 0 Å². The molecule has 5 heteroatoms. The van der Waals surface area contributed by atoms with Crippen molar-refractivity contribution in [1.29, 1.82) is 0 Å². The maximum atomic E-state index is 9.84. The molecule has 2 rings (SSSR count). The van der Waals surface area contributed by atoms with Gasteiger partial charge in [-0.2, -0.15) is 0 Å². The van der Waals surface area contributed by atoms with Gasteiger partial charge in [0.05, 0.1) is 11.7 Å². The van der Waals surface area contributed by atoms with Gasteiger partial charge >= 0.3 is 0 Å². The predicted octanol–water partition coefficient (Wildman–Crippen LogP) is 1.86. The molecule has 0 spiro atoms. The monoisotopic (exact) mass is 317 g/mol. The van der Waals surface area contributed by atoms with Crippen LogP contribution in [0.4, 0.5) is 0 Å². The molecule has 0 unspecified atom stereocenters. The van der Waals surface area contributed by atoms with Crippen molar-refractivity contribution in [2.45, 2.75) is 32.9 Å². The molecule has 2 aromatic rings. The summed E-state index contributed by atoms with van der Waals surface area (Å²) in [6, 6.07) is 10.1. The molecule has 0 saturated heterocycles. The third-order valence-corrected chi connectivity index (χ3v) is 3.29. The SMILES string of the molecule is Cc1cc(/C=C/c2ccc(OC[C@H](O)C[NH2+]C(C)C)cc2)on1. The first-order chi connectivity index (χ1) is 11.0. The van der Waals surface area contributed by atoms with Crippen LogP contribution in [0, 0.1) is 6.92 Å². The van der Waals surface area contributed by atoms with E-state index in [2.05, 4.69) is 24.3 Å². The summed E-state index contributed by atoms with van der Waals surface area (Å²) in [5, 5.41) is 15.8. The number of aryl methyl sites for hydroxylation is 1. The maximum absolute atomic E-state index is 9.84. The molecule has 1 heterocycles. The Morgan fingerprint density at radius 3 is 2.61 bits per heavy atom. The smallest absolute Gasteiger partial charge is 0.159 e. The summed E-state index contributed by atoms with van der Waals surface area (Å²) < 4.78 is 10.7. The molecule has 1 aromatic heterocycles. The number of quaternary nitrogens is 1. The largest absolute Gasteiger partial charge is 0.491 e. The van der Waals surface area contributed by atoms with E-state index in [4.69, 9.17) is 9.26 Å². The number of hydrogen-bond acceptors (Lipinski definition) is 4. The Morgan fingerprint density at radius 2 is 2.00 bits per heavy atom. The Labute approximate surface area is 137 Å². The highest BCUT2D eigenvalue weighted by atomic mass is 16.5. The summed E-state index contributed by atoms with van der Waals surface area (Å²) in [4.78, 5) is 0. The molecular formula is C18H25N2O3+. The van der Waals surface area contributed by atoms with Crippen LogP contribution in [0.2, 0.25) is 0 Å². The zero-order chi connectivity index (χ0) is 16.7. The minimum Gasteiger partial charge on any atom is -0.491 e. The van der Waals surface area contributed by atoms with Crippen LogP contribution in [0.25, 0.3) is 12.2 Å². The van der Waals surface area contributed by atoms with Gasteiger partial charge in [0.1, 0.15) is 25.0 Å². The number of nitrogens with two attached hydrogens (primary N) is 1. The molecule has 0 aliphatic rings. The van der Waals surface area contributed by atoms with E-state index in [-0.39, 0.29) is 0 Å². The minimum absolute atomic E-state index is 0.301. The Morgan fingerprint density at radius 1 is 1.26 bits per heavy atom. The van der Waals surface area contributed by atoms with Crippen LogP contribution in [0.1, 0.15) is 30.9 Å². The van der Waals surface area contributed by atoms with Gasteiger partial charge in [0.2, 0.25) is 0 Å². The molecule has 0 amide bonds. The van der Waals surface area contributed by atoms with E-state index in [1.807, 2.05) is 49.4 Å². The fourth-order valence-corrected chi connectivity index (χ4v) is 2.01. The van der Waals surface area contributed by atoms with Crippen LogP contribution < -0.4 is 10.1 Å². The lowest BCUT2D eigenvalue weighted by atomic mass is 10.2. The fourth-order valence-electron chi connectivity index (χ4n) is 2.01. The second kappa shape index (κ2) is 8.50. The maximum Gasteiger partial charge on any atom is 0.159 e. The zero-order valence-electron chi connectivity index (χ0n) is 13.9. The van der Waals surface area contributed by atoms with Gasteiger partial charge in [0, 0.05) is 6.07 Å². The number of nitrogens with zero attached hydrogens (tertiary/aromatic N) is 1. The molecule has 1 atom stereocenters. The molecule has 0 radical (unpaired) electrons. The van der Waals surface area contributed by atoms with E-state index in [1.54, 1.807) is 0 Å². The topological polar surface area (TPSA) is 72.1 Å². The molecule has 0 saturated carbocycles. The number of rotatable bonds is 8. The number of ether oxygens (including phenoxy) is 1. The zero-order valence-corrected chi connectivity index (χ0v) is 13.9. The Hall–Kier alpha value is -2.11. The first kappa shape index (κ1) is 17.2. The highest BCUT2D eigenvalue weighted by Crippen LogP contribution is 2.15. The van der Waals surface area contributed by atoms with E-state index in [1.165, 1.54) is 0 Å². The average Bonchev–Trinajstić information content (AvgIpc) is 2.95. The highest BCUT2D eigenvalue weighted by Gasteiger charge is 2.08. The molecule has 0 fully saturated rings. The van der Waals surface area contributed by atoms with Crippen LogP contribution in [0.3, 0.4) is 0 Å². The van der Waals surface area contributed by atoms with Gasteiger partial charge in [0.15, 0.2) is 5.76 Å². The van der Waals surface area contributed by atoms with Crippen molar-refractivity contribution in [1.82, 2.24) is 5.16 Å². The van der Waals surface area contributed by atoms with Crippen LogP contribution in [0.15, 0.2) is 34.9 Å². The number of benzene rings is 1. The average molecular weight is 317 g/mol. The summed E-state index contributed by atoms with van der Waals surface area (Å²) in [5.41, 5.74) is 1.90. The summed E-state index contributed by atoms with van der Waals surface area (Å²) in [5.74, 6) is 1.48. The molecule has 124 valence electrons. The van der Waals surface area contributed by atoms with E-state index >= 15 is 0 Å². The van der Waals surface area contributed by atoms with Crippen molar-refractivity contribution in [2.75, 3.05) is 13.2 Å². The van der Waals surface area contributed by atoms with Crippen molar-refractivity contribution in [3.05, 3.63) is 47.3 Å². The number of aliphatic hydroxyl groups is 1. The minimum atomic E-state index is -0.466. The van der Waals surface area contributed by atoms with Crippen LogP contribution >= 0.6 is 0 Å². The first-order valence-electron chi connectivity index (χ1n) is 7.88. The quantitative estimate of drug-likeness (QED) is 0.779. The lowest BCUT2D eigenvalue weighted by molar-refractivity contribution is -0.688. The van der Waals surface area contributed by atoms with Crippen LogP contribution in [0.5, 0.6) is 5.75 Å². The fraction of sp³-hybridized carbons (Fsp3) is 0.389. The predicted molar refractivity (Wildman–Crippen MR) is 90.0 cm³/mol. The normalized spacial score (nSPS) is 12.9. The lowest BCUT2D eigenvalue weighted by Crippen LogP contribution is -2.90. The van der Waals surface area contributed by atoms with E-state index < -0.39 is 6.10 Å². The lowest BCUT2D eigenvalue weighted by Gasteiger charge is -2.12. The second-order valence-corrected chi connectivity index (χ2v) is 5.95. The molecular weight excluding hydrogens is 292 g/mol. The van der Waals surface area contributed by atoms with Crippen LogP contribution in [-0.4, -0.2) is 35.6 Å². The molecule has 0 bridgehead atoms. The number of hydrogen-bond donors (Lipinski definition) is 2. The van der Waals surface area contributed by atoms with Crippen molar-refractivity contribution in [3.63, 3.8) is 0 Å². The molecule has 5 nitrogen and oxygen atoms in total. The van der Waals surface area contributed by atoms with Gasteiger partial charge in [-0.1, -0.05) is 23.4 Å². The van der Waals surface area contributed by atoms with Crippen molar-refractivity contribution in [2.24, 2.45) is 0 Å². The van der Waals surface area contributed by atoms with E-state index in [0.29, 0.717) is 19.2 Å². The Kier molecular flexibility index (Phi) is 6.38. The molecule has 1 aromatic carbocycles. The second-order valence-electron chi connectivity index (χ2n) is 5.95. The van der Waals surface area contributed by atoms with E-state index in [0.717, 1.165) is 22.8 Å². The molecule has 0 aliphatic carbocycles. The summed E-state index contributed by atoms with van der Waals surface area (Å²) in [6.07, 6.45) is 3.36. The third-order valence-electron chi connectivity index (χ3n) is 3.29. The Bertz CT molecular complexity index is 617. The molecule has 3 N–H and O–H groups in total. The highest BCUT2D eigenvalue weighted by molar-refractivity contribution is 5.67.